The first-order valence-corrected chi connectivity index (χ1v) is 10.3. The molecule has 0 radical (unpaired) electrons. The van der Waals surface area contributed by atoms with E-state index in [4.69, 9.17) is 4.74 Å². The van der Waals surface area contributed by atoms with Crippen LogP contribution in [0.25, 0.3) is 0 Å². The number of halogens is 2. The number of aliphatic hydroxyl groups excluding tert-OH is 1. The molecule has 8 nitrogen and oxygen atoms in total. The number of aromatic hydroxyl groups is 1. The third-order valence-electron chi connectivity index (χ3n) is 5.67. The quantitative estimate of drug-likeness (QED) is 0.289. The van der Waals surface area contributed by atoms with E-state index in [-0.39, 0.29) is 46.7 Å². The molecule has 1 heterocycles. The Balaban J connectivity index is 1.86. The molecule has 0 spiro atoms. The second kappa shape index (κ2) is 9.16. The van der Waals surface area contributed by atoms with Crippen molar-refractivity contribution in [2.75, 3.05) is 6.54 Å². The van der Waals surface area contributed by atoms with Crippen LogP contribution in [0.1, 0.15) is 45.7 Å². The van der Waals surface area contributed by atoms with Crippen LogP contribution in [-0.4, -0.2) is 39.8 Å². The maximum atomic E-state index is 14.3. The Bertz CT molecular complexity index is 1250. The van der Waals surface area contributed by atoms with E-state index in [1.165, 1.54) is 18.2 Å². The highest BCUT2D eigenvalue weighted by atomic mass is 19.1. The van der Waals surface area contributed by atoms with Crippen LogP contribution in [0.15, 0.2) is 54.1 Å². The molecule has 1 amide bonds. The number of phenolic OH excluding ortho intramolecular Hbond substituents is 1. The summed E-state index contributed by atoms with van der Waals surface area (Å²) < 4.78 is 34.2. The van der Waals surface area contributed by atoms with E-state index in [9.17, 15) is 38.5 Å². The average Bonchev–Trinajstić information content (AvgIpc) is 2.79. The van der Waals surface area contributed by atoms with Crippen LogP contribution in [0.3, 0.4) is 0 Å². The molecule has 0 bridgehead atoms. The van der Waals surface area contributed by atoms with Crippen LogP contribution < -0.4 is 10.1 Å². The van der Waals surface area contributed by atoms with Crippen molar-refractivity contribution in [2.45, 2.75) is 18.6 Å². The van der Waals surface area contributed by atoms with Gasteiger partial charge in [0.2, 0.25) is 5.78 Å². The fourth-order valence-corrected chi connectivity index (χ4v) is 4.11. The molecule has 1 aliphatic heterocycles. The zero-order valence-corrected chi connectivity index (χ0v) is 17.5. The van der Waals surface area contributed by atoms with Crippen LogP contribution in [-0.2, 0) is 9.59 Å². The summed E-state index contributed by atoms with van der Waals surface area (Å²) in [5, 5.41) is 32.4. The SMILES string of the molecule is O=CCCNC(=O)c1ccc(C2c3cc(F)c(O)cc3OC3=CC(=O)C(F)=CC32)c(C(O)O)c1. The maximum absolute atomic E-state index is 14.3. The molecule has 0 saturated heterocycles. The number of nitrogens with one attached hydrogen (secondary N) is 1. The number of hydrogen-bond donors (Lipinski definition) is 4. The average molecular weight is 471 g/mol. The van der Waals surface area contributed by atoms with Gasteiger partial charge in [0.1, 0.15) is 17.8 Å². The Kier molecular flexibility index (Phi) is 6.27. The summed E-state index contributed by atoms with van der Waals surface area (Å²) in [6, 6.07) is 6.02. The van der Waals surface area contributed by atoms with Crippen molar-refractivity contribution in [1.82, 2.24) is 5.32 Å². The summed E-state index contributed by atoms with van der Waals surface area (Å²) in [4.78, 5) is 34.7. The van der Waals surface area contributed by atoms with E-state index in [1.807, 2.05) is 0 Å². The number of hydrogen-bond acceptors (Lipinski definition) is 7. The summed E-state index contributed by atoms with van der Waals surface area (Å²) in [6.45, 7) is 0.0888. The molecule has 0 fully saturated rings. The lowest BCUT2D eigenvalue weighted by molar-refractivity contribution is -0.113. The number of ether oxygens (including phenoxy) is 1. The molecule has 2 atom stereocenters. The van der Waals surface area contributed by atoms with Crippen LogP contribution >= 0.6 is 0 Å². The molecule has 4 rings (SSSR count). The lowest BCUT2D eigenvalue weighted by Crippen LogP contribution is -2.29. The van der Waals surface area contributed by atoms with E-state index in [0.29, 0.717) is 6.29 Å². The molecule has 2 aliphatic rings. The van der Waals surface area contributed by atoms with E-state index in [0.717, 1.165) is 24.3 Å². The smallest absolute Gasteiger partial charge is 0.251 e. The van der Waals surface area contributed by atoms with Gasteiger partial charge in [-0.25, -0.2) is 8.78 Å². The van der Waals surface area contributed by atoms with Crippen LogP contribution in [0, 0.1) is 11.7 Å². The molecule has 1 aliphatic carbocycles. The second-order valence-electron chi connectivity index (χ2n) is 7.80. The summed E-state index contributed by atoms with van der Waals surface area (Å²) in [5.41, 5.74) is 0.335. The molecule has 2 aromatic carbocycles. The molecule has 176 valence electrons. The van der Waals surface area contributed by atoms with Gasteiger partial charge in [-0.15, -0.1) is 0 Å². The molecule has 10 heteroatoms. The standard InChI is InChI=1S/C24H19F2NO7/c25-16-7-14-20(9-18(16)29)34-21-10-19(30)17(26)8-15(21)22(14)12-3-2-11(6-13(12)24(32)33)23(31)27-4-1-5-28/h2-3,5-10,14,22,24,30,32-33H,1,4H2,(H,27,31). The minimum absolute atomic E-state index is 0.00368. The van der Waals surface area contributed by atoms with Gasteiger partial charge in [-0.2, -0.15) is 0 Å². The van der Waals surface area contributed by atoms with Gasteiger partial charge in [0, 0.05) is 53.6 Å². The van der Waals surface area contributed by atoms with Gasteiger partial charge < -0.3 is 30.2 Å². The van der Waals surface area contributed by atoms with E-state index in [1.54, 1.807) is 0 Å². The van der Waals surface area contributed by atoms with Gasteiger partial charge in [0.05, 0.1) is 0 Å². The van der Waals surface area contributed by atoms with Gasteiger partial charge in [0.15, 0.2) is 23.7 Å². The lowest BCUT2D eigenvalue weighted by atomic mass is 9.74. The molecule has 2 aromatic rings. The largest absolute Gasteiger partial charge is 0.505 e. The Morgan fingerprint density at radius 1 is 1.18 bits per heavy atom. The topological polar surface area (TPSA) is 133 Å². The summed E-state index contributed by atoms with van der Waals surface area (Å²) in [7, 11) is 0. The molecule has 2 unspecified atom stereocenters. The fourth-order valence-electron chi connectivity index (χ4n) is 4.11. The van der Waals surface area contributed by atoms with E-state index in [2.05, 4.69) is 5.32 Å². The van der Waals surface area contributed by atoms with Gasteiger partial charge in [-0.3, -0.25) is 9.59 Å². The molecule has 0 saturated carbocycles. The number of fused-ring (bicyclic) bond motifs is 2. The Morgan fingerprint density at radius 3 is 2.65 bits per heavy atom. The Hall–Kier alpha value is -3.89. The lowest BCUT2D eigenvalue weighted by Gasteiger charge is -2.36. The minimum Gasteiger partial charge on any atom is -0.505 e. The van der Waals surface area contributed by atoms with Crippen molar-refractivity contribution in [3.05, 3.63) is 82.1 Å². The molecule has 0 aromatic heterocycles. The van der Waals surface area contributed by atoms with Crippen molar-refractivity contribution < 1.29 is 43.2 Å². The summed E-state index contributed by atoms with van der Waals surface area (Å²) >= 11 is 0. The van der Waals surface area contributed by atoms with E-state index >= 15 is 0 Å². The Morgan fingerprint density at radius 2 is 1.94 bits per heavy atom. The van der Waals surface area contributed by atoms with Crippen molar-refractivity contribution in [3.63, 3.8) is 0 Å². The first kappa shape index (κ1) is 23.3. The van der Waals surface area contributed by atoms with Crippen LogP contribution in [0.2, 0.25) is 0 Å². The first-order chi connectivity index (χ1) is 16.2. The summed E-state index contributed by atoms with van der Waals surface area (Å²) in [6.07, 6.45) is 0.629. The number of phenols is 1. The number of aldehydes is 1. The van der Waals surface area contributed by atoms with Gasteiger partial charge in [-0.05, 0) is 29.8 Å². The highest BCUT2D eigenvalue weighted by molar-refractivity contribution is 6.03. The number of aliphatic hydroxyl groups is 2. The minimum atomic E-state index is -2.06. The summed E-state index contributed by atoms with van der Waals surface area (Å²) in [5.74, 6) is -6.08. The predicted molar refractivity (Wildman–Crippen MR) is 113 cm³/mol. The van der Waals surface area contributed by atoms with E-state index < -0.39 is 47.2 Å². The van der Waals surface area contributed by atoms with Crippen molar-refractivity contribution in [1.29, 1.82) is 0 Å². The van der Waals surface area contributed by atoms with Gasteiger partial charge in [-0.1, -0.05) is 6.07 Å². The van der Waals surface area contributed by atoms with Crippen LogP contribution in [0.5, 0.6) is 11.5 Å². The number of carbonyl (C=O) groups is 3. The number of carbonyl (C=O) groups excluding carboxylic acids is 3. The monoisotopic (exact) mass is 471 g/mol. The third-order valence-corrected chi connectivity index (χ3v) is 5.67. The number of ketones is 1. The molecule has 4 N–H and O–H groups in total. The van der Waals surface area contributed by atoms with Crippen molar-refractivity contribution in [3.8, 4) is 11.5 Å². The zero-order valence-electron chi connectivity index (χ0n) is 17.5. The molecule has 34 heavy (non-hydrogen) atoms. The number of allylic oxidation sites excluding steroid dienone is 3. The highest BCUT2D eigenvalue weighted by Gasteiger charge is 2.40. The number of amides is 1. The second-order valence-corrected chi connectivity index (χ2v) is 7.80. The highest BCUT2D eigenvalue weighted by Crippen LogP contribution is 2.50. The Labute approximate surface area is 191 Å². The van der Waals surface area contributed by atoms with Gasteiger partial charge in [0.25, 0.3) is 5.91 Å². The van der Waals surface area contributed by atoms with Gasteiger partial charge >= 0.3 is 0 Å². The zero-order chi connectivity index (χ0) is 24.6. The van der Waals surface area contributed by atoms with Crippen molar-refractivity contribution in [2.24, 2.45) is 5.92 Å². The number of rotatable bonds is 6. The molecular formula is C24H19F2NO7. The third kappa shape index (κ3) is 4.20. The fraction of sp³-hybridized carbons (Fsp3) is 0.208. The maximum Gasteiger partial charge on any atom is 0.251 e. The number of benzene rings is 2. The van der Waals surface area contributed by atoms with Crippen LogP contribution in [0.4, 0.5) is 8.78 Å². The van der Waals surface area contributed by atoms with Crippen molar-refractivity contribution >= 4 is 18.0 Å². The molecular weight excluding hydrogens is 452 g/mol. The predicted octanol–water partition coefficient (Wildman–Crippen LogP) is 2.29. The normalized spacial score (nSPS) is 18.9. The first-order valence-electron chi connectivity index (χ1n) is 10.3.